The molecular formula is C15H17N5O. The summed E-state index contributed by atoms with van der Waals surface area (Å²) in [6.07, 6.45) is 0.718. The molecule has 2 aromatic rings. The van der Waals surface area contributed by atoms with Gasteiger partial charge in [0.1, 0.15) is 0 Å². The van der Waals surface area contributed by atoms with Gasteiger partial charge < -0.3 is 4.90 Å². The van der Waals surface area contributed by atoms with E-state index in [0.717, 1.165) is 17.7 Å². The fraction of sp³-hybridized carbons (Fsp3) is 0.267. The van der Waals surface area contributed by atoms with Gasteiger partial charge in [-0.25, -0.2) is 5.84 Å². The Morgan fingerprint density at radius 3 is 2.76 bits per heavy atom. The lowest BCUT2D eigenvalue weighted by Crippen LogP contribution is -2.37. The van der Waals surface area contributed by atoms with E-state index in [9.17, 15) is 4.79 Å². The van der Waals surface area contributed by atoms with Gasteiger partial charge in [0, 0.05) is 32.1 Å². The number of aromatic nitrogens is 2. The lowest BCUT2D eigenvalue weighted by atomic mass is 10.1. The van der Waals surface area contributed by atoms with Crippen molar-refractivity contribution < 1.29 is 4.79 Å². The number of nitrogens with two attached hydrogens (primary N) is 1. The number of fused-ring (bicyclic) bond motifs is 1. The summed E-state index contributed by atoms with van der Waals surface area (Å²) in [5.74, 6) is 6.32. The second-order valence-corrected chi connectivity index (χ2v) is 5.13. The Morgan fingerprint density at radius 2 is 2.05 bits per heavy atom. The number of amides is 1. The number of carbonyl (C=O) groups excluding carboxylic acids is 1. The minimum atomic E-state index is 0.0423. The van der Waals surface area contributed by atoms with Crippen LogP contribution in [0.1, 0.15) is 21.6 Å². The minimum Gasteiger partial charge on any atom is -0.334 e. The van der Waals surface area contributed by atoms with Gasteiger partial charge in [0.2, 0.25) is 0 Å². The van der Waals surface area contributed by atoms with Crippen LogP contribution in [-0.2, 0) is 13.0 Å². The van der Waals surface area contributed by atoms with Gasteiger partial charge in [-0.1, -0.05) is 18.2 Å². The van der Waals surface area contributed by atoms with Crippen LogP contribution in [0.4, 0.5) is 5.82 Å². The zero-order valence-electron chi connectivity index (χ0n) is 11.9. The molecule has 1 amide bonds. The number of carbonyl (C=O) groups is 1. The number of rotatable bonds is 2. The van der Waals surface area contributed by atoms with Gasteiger partial charge in [0.25, 0.3) is 5.91 Å². The highest BCUT2D eigenvalue weighted by Crippen LogP contribution is 2.21. The number of hydrogen-bond acceptors (Lipinski definition) is 5. The molecule has 0 radical (unpaired) electrons. The van der Waals surface area contributed by atoms with Crippen LogP contribution in [-0.4, -0.2) is 34.6 Å². The van der Waals surface area contributed by atoms with Gasteiger partial charge in [0.05, 0.1) is 5.69 Å². The molecule has 0 atom stereocenters. The van der Waals surface area contributed by atoms with E-state index >= 15 is 0 Å². The van der Waals surface area contributed by atoms with Crippen molar-refractivity contribution in [1.82, 2.24) is 15.1 Å². The van der Waals surface area contributed by atoms with Gasteiger partial charge in [-0.15, -0.1) is 5.10 Å². The average molecular weight is 283 g/mol. The van der Waals surface area contributed by atoms with Crippen molar-refractivity contribution in [3.05, 3.63) is 53.2 Å². The smallest absolute Gasteiger partial charge is 0.254 e. The van der Waals surface area contributed by atoms with Crippen molar-refractivity contribution in [3.8, 4) is 0 Å². The molecule has 1 aliphatic rings. The Kier molecular flexibility index (Phi) is 3.53. The third-order valence-corrected chi connectivity index (χ3v) is 3.60. The highest BCUT2D eigenvalue weighted by molar-refractivity contribution is 5.94. The molecule has 2 heterocycles. The topological polar surface area (TPSA) is 75.3 Å². The lowest BCUT2D eigenvalue weighted by Gasteiger charge is -2.28. The van der Waals surface area contributed by atoms with Crippen LogP contribution in [0.25, 0.3) is 0 Å². The predicted octanol–water partition coefficient (Wildman–Crippen LogP) is 0.985. The number of hydrazine groups is 1. The Bertz CT molecular complexity index is 656. The maximum Gasteiger partial charge on any atom is 0.254 e. The van der Waals surface area contributed by atoms with E-state index in [4.69, 9.17) is 5.84 Å². The Morgan fingerprint density at radius 1 is 1.29 bits per heavy atom. The second-order valence-electron chi connectivity index (χ2n) is 5.13. The van der Waals surface area contributed by atoms with Crippen molar-refractivity contribution in [3.63, 3.8) is 0 Å². The molecule has 3 rings (SSSR count). The molecule has 6 heteroatoms. The van der Waals surface area contributed by atoms with E-state index in [2.05, 4.69) is 10.2 Å². The van der Waals surface area contributed by atoms with Crippen molar-refractivity contribution in [2.24, 2.45) is 5.84 Å². The molecule has 0 saturated heterocycles. The van der Waals surface area contributed by atoms with E-state index in [-0.39, 0.29) is 5.91 Å². The summed E-state index contributed by atoms with van der Waals surface area (Å²) in [6.45, 7) is 1.20. The molecule has 0 bridgehead atoms. The van der Waals surface area contributed by atoms with E-state index in [0.29, 0.717) is 24.5 Å². The van der Waals surface area contributed by atoms with E-state index < -0.39 is 0 Å². The first-order valence-corrected chi connectivity index (χ1v) is 6.83. The van der Waals surface area contributed by atoms with E-state index in [1.165, 1.54) is 5.01 Å². The number of benzene rings is 1. The van der Waals surface area contributed by atoms with Crippen LogP contribution in [0.2, 0.25) is 0 Å². The zero-order chi connectivity index (χ0) is 14.8. The maximum atomic E-state index is 12.5. The highest BCUT2D eigenvalue weighted by Gasteiger charge is 2.23. The number of anilines is 1. The Hall–Kier alpha value is -2.47. The Balaban J connectivity index is 1.83. The van der Waals surface area contributed by atoms with Crippen LogP contribution >= 0.6 is 0 Å². The third kappa shape index (κ3) is 2.71. The molecule has 0 unspecified atom stereocenters. The van der Waals surface area contributed by atoms with Crippen molar-refractivity contribution in [2.75, 3.05) is 18.6 Å². The average Bonchev–Trinajstić information content (AvgIpc) is 2.54. The summed E-state index contributed by atoms with van der Waals surface area (Å²) in [5, 5.41) is 9.69. The molecule has 21 heavy (non-hydrogen) atoms. The zero-order valence-corrected chi connectivity index (χ0v) is 11.9. The molecular weight excluding hydrogens is 266 g/mol. The molecule has 0 aliphatic carbocycles. The van der Waals surface area contributed by atoms with Gasteiger partial charge in [-0.05, 0) is 23.8 Å². The van der Waals surface area contributed by atoms with Crippen LogP contribution < -0.4 is 10.9 Å². The quantitative estimate of drug-likeness (QED) is 0.657. The molecule has 0 fully saturated rings. The van der Waals surface area contributed by atoms with E-state index in [1.54, 1.807) is 7.05 Å². The number of hydrogen-bond donors (Lipinski definition) is 1. The standard InChI is InChI=1S/C15H17N5O/c1-19(16)14-9-12-10-20(8-7-13(12)17-18-14)15(21)11-5-3-2-4-6-11/h2-6,9H,7-8,10,16H2,1H3. The summed E-state index contributed by atoms with van der Waals surface area (Å²) in [4.78, 5) is 14.3. The predicted molar refractivity (Wildman–Crippen MR) is 79.5 cm³/mol. The molecule has 6 nitrogen and oxygen atoms in total. The monoisotopic (exact) mass is 283 g/mol. The molecule has 0 spiro atoms. The first-order chi connectivity index (χ1) is 10.1. The molecule has 0 saturated carbocycles. The first-order valence-electron chi connectivity index (χ1n) is 6.83. The van der Waals surface area contributed by atoms with Crippen LogP contribution in [0.15, 0.2) is 36.4 Å². The van der Waals surface area contributed by atoms with Crippen LogP contribution in [0.3, 0.4) is 0 Å². The molecule has 1 aliphatic heterocycles. The van der Waals surface area contributed by atoms with Crippen LogP contribution in [0.5, 0.6) is 0 Å². The summed E-state index contributed by atoms with van der Waals surface area (Å²) >= 11 is 0. The molecule has 1 aromatic heterocycles. The maximum absolute atomic E-state index is 12.5. The second kappa shape index (κ2) is 5.49. The van der Waals surface area contributed by atoms with Crippen molar-refractivity contribution >= 4 is 11.7 Å². The fourth-order valence-electron chi connectivity index (χ4n) is 2.43. The first kappa shape index (κ1) is 13.5. The summed E-state index contributed by atoms with van der Waals surface area (Å²) < 4.78 is 0. The van der Waals surface area contributed by atoms with Crippen LogP contribution in [0, 0.1) is 0 Å². The third-order valence-electron chi connectivity index (χ3n) is 3.60. The summed E-state index contributed by atoms with van der Waals surface area (Å²) in [5.41, 5.74) is 2.66. The normalized spacial score (nSPS) is 13.7. The van der Waals surface area contributed by atoms with Crippen molar-refractivity contribution in [1.29, 1.82) is 0 Å². The largest absolute Gasteiger partial charge is 0.334 e. The molecule has 2 N–H and O–H groups in total. The Labute approximate surface area is 123 Å². The molecule has 1 aromatic carbocycles. The fourth-order valence-corrected chi connectivity index (χ4v) is 2.43. The van der Waals surface area contributed by atoms with Gasteiger partial charge in [-0.2, -0.15) is 5.10 Å². The summed E-state index contributed by atoms with van der Waals surface area (Å²) in [7, 11) is 1.71. The van der Waals surface area contributed by atoms with E-state index in [1.807, 2.05) is 41.3 Å². The minimum absolute atomic E-state index is 0.0423. The van der Waals surface area contributed by atoms with Crippen molar-refractivity contribution in [2.45, 2.75) is 13.0 Å². The highest BCUT2D eigenvalue weighted by atomic mass is 16.2. The SMILES string of the molecule is CN(N)c1cc2c(nn1)CCN(C(=O)c1ccccc1)C2. The summed E-state index contributed by atoms with van der Waals surface area (Å²) in [6, 6.07) is 11.2. The van der Waals surface area contributed by atoms with Gasteiger partial charge >= 0.3 is 0 Å². The van der Waals surface area contributed by atoms with Gasteiger partial charge in [0.15, 0.2) is 5.82 Å². The molecule has 108 valence electrons. The number of nitrogens with zero attached hydrogens (tertiary/aromatic N) is 4. The lowest BCUT2D eigenvalue weighted by molar-refractivity contribution is 0.0733. The van der Waals surface area contributed by atoms with Gasteiger partial charge in [-0.3, -0.25) is 9.80 Å².